The Morgan fingerprint density at radius 1 is 1.05 bits per heavy atom. The lowest BCUT2D eigenvalue weighted by Crippen LogP contribution is -2.49. The van der Waals surface area contributed by atoms with Gasteiger partial charge in [-0.05, 0) is 19.3 Å². The van der Waals surface area contributed by atoms with Crippen molar-refractivity contribution in [1.29, 1.82) is 0 Å². The molecule has 1 amide bonds. The van der Waals surface area contributed by atoms with Crippen molar-refractivity contribution in [2.24, 2.45) is 11.3 Å². The molecule has 0 saturated carbocycles. The van der Waals surface area contributed by atoms with Crippen LogP contribution < -0.4 is 0 Å². The lowest BCUT2D eigenvalue weighted by atomic mass is 9.85. The maximum atomic E-state index is 12.6. The van der Waals surface area contributed by atoms with E-state index in [4.69, 9.17) is 0 Å². The van der Waals surface area contributed by atoms with Gasteiger partial charge in [0.2, 0.25) is 5.91 Å². The first kappa shape index (κ1) is 19.1. The SMILES string of the molecule is CC(C)CC(=O)N(C)CCC(C)(C(F)(F)F)C(F)(F)F. The van der Waals surface area contributed by atoms with Crippen molar-refractivity contribution >= 4 is 5.91 Å². The topological polar surface area (TPSA) is 20.3 Å². The number of alkyl halides is 6. The van der Waals surface area contributed by atoms with E-state index >= 15 is 0 Å². The van der Waals surface area contributed by atoms with Gasteiger partial charge in [0, 0.05) is 20.0 Å². The number of rotatable bonds is 5. The predicted molar refractivity (Wildman–Crippen MR) is 61.9 cm³/mol. The Kier molecular flexibility index (Phi) is 5.92. The molecule has 0 fully saturated rings. The molecule has 0 spiro atoms. The molecule has 120 valence electrons. The molecule has 8 heteroatoms. The number of carbonyl (C=O) groups is 1. The number of hydrogen-bond donors (Lipinski definition) is 0. The fourth-order valence-electron chi connectivity index (χ4n) is 1.47. The fraction of sp³-hybridized carbons (Fsp3) is 0.917. The lowest BCUT2D eigenvalue weighted by Gasteiger charge is -2.35. The molecular weight excluding hydrogens is 288 g/mol. The second kappa shape index (κ2) is 6.22. The third kappa shape index (κ3) is 4.56. The summed E-state index contributed by atoms with van der Waals surface area (Å²) in [7, 11) is 1.21. The molecule has 0 radical (unpaired) electrons. The van der Waals surface area contributed by atoms with Crippen molar-refractivity contribution in [2.45, 2.75) is 46.0 Å². The highest BCUT2D eigenvalue weighted by Gasteiger charge is 2.66. The molecule has 20 heavy (non-hydrogen) atoms. The van der Waals surface area contributed by atoms with Gasteiger partial charge in [0.25, 0.3) is 0 Å². The molecule has 0 atom stereocenters. The van der Waals surface area contributed by atoms with Gasteiger partial charge in [-0.2, -0.15) is 26.3 Å². The molecule has 0 aromatic rings. The van der Waals surface area contributed by atoms with Crippen LogP contribution in [0.1, 0.15) is 33.6 Å². The molecule has 0 N–H and O–H groups in total. The quantitative estimate of drug-likeness (QED) is 0.703. The van der Waals surface area contributed by atoms with Gasteiger partial charge in [-0.25, -0.2) is 0 Å². The molecule has 0 aromatic carbocycles. The standard InChI is InChI=1S/C12H19F6NO/c1-8(2)7-9(20)19(4)6-5-10(3,11(13,14)15)12(16,17)18/h8H,5-7H2,1-4H3. The van der Waals surface area contributed by atoms with Crippen LogP contribution in [-0.4, -0.2) is 36.8 Å². The van der Waals surface area contributed by atoms with Crippen molar-refractivity contribution in [2.75, 3.05) is 13.6 Å². The van der Waals surface area contributed by atoms with Crippen molar-refractivity contribution in [3.63, 3.8) is 0 Å². The largest absolute Gasteiger partial charge is 0.402 e. The molecule has 0 aliphatic rings. The third-order valence-electron chi connectivity index (χ3n) is 3.21. The van der Waals surface area contributed by atoms with Gasteiger partial charge >= 0.3 is 12.4 Å². The summed E-state index contributed by atoms with van der Waals surface area (Å²) in [6, 6.07) is 0. The third-order valence-corrected chi connectivity index (χ3v) is 3.21. The van der Waals surface area contributed by atoms with Gasteiger partial charge in [-0.1, -0.05) is 13.8 Å². The first-order valence-corrected chi connectivity index (χ1v) is 6.10. The molecule has 0 rings (SSSR count). The smallest absolute Gasteiger partial charge is 0.346 e. The summed E-state index contributed by atoms with van der Waals surface area (Å²) in [5.41, 5.74) is -3.81. The zero-order chi connectivity index (χ0) is 16.4. The highest BCUT2D eigenvalue weighted by atomic mass is 19.4. The minimum absolute atomic E-state index is 0.0124. The zero-order valence-electron chi connectivity index (χ0n) is 11.8. The van der Waals surface area contributed by atoms with Crippen LogP contribution in [0.4, 0.5) is 26.3 Å². The van der Waals surface area contributed by atoms with E-state index < -0.39 is 36.6 Å². The van der Waals surface area contributed by atoms with Crippen molar-refractivity contribution in [1.82, 2.24) is 4.90 Å². The van der Waals surface area contributed by atoms with E-state index in [9.17, 15) is 31.1 Å². The Bertz CT molecular complexity index is 320. The van der Waals surface area contributed by atoms with E-state index in [0.717, 1.165) is 4.90 Å². The predicted octanol–water partition coefficient (Wildman–Crippen LogP) is 4.01. The summed E-state index contributed by atoms with van der Waals surface area (Å²) in [6.45, 7) is 3.00. The normalized spacial score (nSPS) is 13.8. The number of hydrogen-bond acceptors (Lipinski definition) is 1. The van der Waals surface area contributed by atoms with E-state index in [1.807, 2.05) is 0 Å². The molecule has 0 aliphatic heterocycles. The Hall–Kier alpha value is -0.950. The second-order valence-corrected chi connectivity index (χ2v) is 5.49. The van der Waals surface area contributed by atoms with Gasteiger partial charge in [0.05, 0.1) is 0 Å². The summed E-state index contributed by atoms with van der Waals surface area (Å²) in [5.74, 6) is -0.478. The van der Waals surface area contributed by atoms with Gasteiger partial charge in [0.15, 0.2) is 5.41 Å². The van der Waals surface area contributed by atoms with Crippen LogP contribution in [0, 0.1) is 11.3 Å². The van der Waals surface area contributed by atoms with Crippen molar-refractivity contribution in [3.8, 4) is 0 Å². The molecule has 0 heterocycles. The van der Waals surface area contributed by atoms with Crippen LogP contribution in [0.5, 0.6) is 0 Å². The average molecular weight is 307 g/mol. The summed E-state index contributed by atoms with van der Waals surface area (Å²) in [6.07, 6.45) is -11.9. The monoisotopic (exact) mass is 307 g/mol. The number of amides is 1. The molecule has 0 unspecified atom stereocenters. The summed E-state index contributed by atoms with van der Waals surface area (Å²) in [5, 5.41) is 0. The van der Waals surface area contributed by atoms with Gasteiger partial charge in [-0.3, -0.25) is 4.79 Å². The number of nitrogens with zero attached hydrogens (tertiary/aromatic N) is 1. The van der Waals surface area contributed by atoms with Gasteiger partial charge in [-0.15, -0.1) is 0 Å². The fourth-order valence-corrected chi connectivity index (χ4v) is 1.47. The molecule has 0 aromatic heterocycles. The summed E-state index contributed by atoms with van der Waals surface area (Å²) >= 11 is 0. The van der Waals surface area contributed by atoms with Crippen LogP contribution >= 0.6 is 0 Å². The van der Waals surface area contributed by atoms with E-state index in [-0.39, 0.29) is 19.3 Å². The first-order chi connectivity index (χ1) is 8.72. The Labute approximate surface area is 114 Å². The second-order valence-electron chi connectivity index (χ2n) is 5.49. The number of halogens is 6. The zero-order valence-corrected chi connectivity index (χ0v) is 11.8. The molecule has 0 bridgehead atoms. The summed E-state index contributed by atoms with van der Waals surface area (Å²) < 4.78 is 75.8. The van der Waals surface area contributed by atoms with Gasteiger partial charge in [0.1, 0.15) is 0 Å². The van der Waals surface area contributed by atoms with Crippen LogP contribution in [0.3, 0.4) is 0 Å². The van der Waals surface area contributed by atoms with Gasteiger partial charge < -0.3 is 4.90 Å². The molecule has 0 saturated heterocycles. The van der Waals surface area contributed by atoms with E-state index in [2.05, 4.69) is 0 Å². The first-order valence-electron chi connectivity index (χ1n) is 6.10. The number of carbonyl (C=O) groups excluding carboxylic acids is 1. The van der Waals surface area contributed by atoms with Crippen molar-refractivity contribution < 1.29 is 31.1 Å². The lowest BCUT2D eigenvalue weighted by molar-refractivity contribution is -0.336. The Balaban J connectivity index is 4.86. The minimum atomic E-state index is -5.41. The van der Waals surface area contributed by atoms with E-state index in [1.54, 1.807) is 13.8 Å². The molecule has 0 aliphatic carbocycles. The highest BCUT2D eigenvalue weighted by molar-refractivity contribution is 5.76. The van der Waals surface area contributed by atoms with Crippen LogP contribution in [0.2, 0.25) is 0 Å². The van der Waals surface area contributed by atoms with Crippen LogP contribution in [0.15, 0.2) is 0 Å². The highest BCUT2D eigenvalue weighted by Crippen LogP contribution is 2.52. The maximum Gasteiger partial charge on any atom is 0.402 e. The van der Waals surface area contributed by atoms with E-state index in [1.165, 1.54) is 7.05 Å². The maximum absolute atomic E-state index is 12.6. The average Bonchev–Trinajstić information content (AvgIpc) is 2.20. The summed E-state index contributed by atoms with van der Waals surface area (Å²) in [4.78, 5) is 12.4. The van der Waals surface area contributed by atoms with E-state index in [0.29, 0.717) is 0 Å². The molecule has 2 nitrogen and oxygen atoms in total. The minimum Gasteiger partial charge on any atom is -0.346 e. The van der Waals surface area contributed by atoms with Crippen LogP contribution in [0.25, 0.3) is 0 Å². The Morgan fingerprint density at radius 3 is 1.75 bits per heavy atom. The Morgan fingerprint density at radius 2 is 1.45 bits per heavy atom. The van der Waals surface area contributed by atoms with Crippen LogP contribution in [-0.2, 0) is 4.79 Å². The molecular formula is C12H19F6NO. The van der Waals surface area contributed by atoms with Crippen molar-refractivity contribution in [3.05, 3.63) is 0 Å².